The van der Waals surface area contributed by atoms with Crippen molar-refractivity contribution >= 4 is 70.3 Å². The summed E-state index contributed by atoms with van der Waals surface area (Å²) in [5, 5.41) is 31.8. The van der Waals surface area contributed by atoms with E-state index in [0.29, 0.717) is 21.4 Å². The molecule has 3 heterocycles. The van der Waals surface area contributed by atoms with Crippen LogP contribution in [0.3, 0.4) is 0 Å². The number of carboxylic acid groups (broad SMARTS) is 1. The van der Waals surface area contributed by atoms with Gasteiger partial charge in [0.1, 0.15) is 40.0 Å². The predicted octanol–water partition coefficient (Wildman–Crippen LogP) is 2.99. The van der Waals surface area contributed by atoms with Crippen LogP contribution in [-0.4, -0.2) is 77.7 Å². The molecule has 12 nitrogen and oxygen atoms in total. The highest BCUT2D eigenvalue weighted by Gasteiger charge is 2.54. The van der Waals surface area contributed by atoms with Crippen LogP contribution in [0.1, 0.15) is 32.4 Å². The smallest absolute Gasteiger partial charge is 0.408 e. The number of ether oxygens (including phenoxy) is 1. The summed E-state index contributed by atoms with van der Waals surface area (Å²) >= 11 is 10.0. The molecule has 2 aliphatic heterocycles. The number of thioether (sulfide) groups is 2. The molecule has 3 amide bonds. The number of phenols is 1. The summed E-state index contributed by atoms with van der Waals surface area (Å²) in [7, 11) is 0. The molecule has 1 aromatic heterocycles. The third kappa shape index (κ3) is 6.59. The van der Waals surface area contributed by atoms with E-state index in [4.69, 9.17) is 16.3 Å². The molecule has 2 aliphatic rings. The van der Waals surface area contributed by atoms with E-state index in [0.717, 1.165) is 0 Å². The number of carboxylic acids is 1. The van der Waals surface area contributed by atoms with Crippen molar-refractivity contribution in [1.82, 2.24) is 25.7 Å². The van der Waals surface area contributed by atoms with E-state index in [1.54, 1.807) is 26.3 Å². The lowest BCUT2D eigenvalue weighted by Gasteiger charge is -2.49. The molecule has 3 atom stereocenters. The molecular formula is C23H24ClN5O7S3. The molecule has 2 unspecified atom stereocenters. The van der Waals surface area contributed by atoms with Crippen LogP contribution in [0.25, 0.3) is 0 Å². The number of aromatic nitrogens is 2. The van der Waals surface area contributed by atoms with E-state index in [1.165, 1.54) is 58.0 Å². The molecule has 2 aromatic rings. The Balaban J connectivity index is 1.52. The molecular weight excluding hydrogens is 590 g/mol. The summed E-state index contributed by atoms with van der Waals surface area (Å²) in [6.07, 6.45) is -0.880. The number of aromatic hydroxyl groups is 1. The van der Waals surface area contributed by atoms with Gasteiger partial charge >= 0.3 is 12.1 Å². The highest BCUT2D eigenvalue weighted by molar-refractivity contribution is 8.01. The fourth-order valence-corrected chi connectivity index (χ4v) is 7.00. The Kier molecular flexibility index (Phi) is 8.63. The Labute approximate surface area is 240 Å². The van der Waals surface area contributed by atoms with Crippen LogP contribution in [0.4, 0.5) is 4.79 Å². The average molecular weight is 614 g/mol. The normalized spacial score (nSPS) is 19.6. The van der Waals surface area contributed by atoms with Gasteiger partial charge in [0.05, 0.1) is 5.02 Å². The molecule has 0 bridgehead atoms. The highest BCUT2D eigenvalue weighted by Crippen LogP contribution is 2.42. The fraction of sp³-hybridized carbons (Fsp3) is 0.391. The van der Waals surface area contributed by atoms with Crippen molar-refractivity contribution < 1.29 is 34.1 Å². The van der Waals surface area contributed by atoms with E-state index in [-0.39, 0.29) is 22.0 Å². The van der Waals surface area contributed by atoms with Crippen molar-refractivity contribution in [2.75, 3.05) is 11.5 Å². The number of nitrogens with one attached hydrogen (secondary N) is 2. The Morgan fingerprint density at radius 1 is 1.33 bits per heavy atom. The molecule has 0 aliphatic carbocycles. The second-order valence-electron chi connectivity index (χ2n) is 9.44. The number of hydrogen-bond donors (Lipinski definition) is 4. The number of benzene rings is 1. The monoisotopic (exact) mass is 613 g/mol. The van der Waals surface area contributed by atoms with Crippen molar-refractivity contribution in [2.45, 2.75) is 48.2 Å². The number of alkyl carbamates (subject to hydrolysis) is 1. The number of fused-ring (bicyclic) bond motifs is 1. The van der Waals surface area contributed by atoms with E-state index in [2.05, 4.69) is 20.8 Å². The molecule has 1 saturated heterocycles. The topological polar surface area (TPSA) is 171 Å². The Bertz CT molecular complexity index is 1330. The number of aliphatic carboxylic acids is 1. The zero-order valence-electron chi connectivity index (χ0n) is 20.8. The first-order valence-corrected chi connectivity index (χ1v) is 14.7. The minimum Gasteiger partial charge on any atom is -0.506 e. The van der Waals surface area contributed by atoms with Crippen LogP contribution >= 0.6 is 46.5 Å². The number of rotatable bonds is 8. The van der Waals surface area contributed by atoms with Gasteiger partial charge < -0.3 is 25.6 Å². The standard InChI is InChI=1S/C23H24ClN5O7S3/c1-23(2,3)36-21(35)27-14(10-4-5-13(30)12(24)6-10)17(31)26-15-18(32)29-16(20(33)34)11(7-37-19(15)29)8-38-22-28-25-9-39-22/h4-6,9,14-15,19,30H,7-8H2,1-3H3,(H,26,31)(H,27,35)(H,33,34)/t14?,15?,19-/m0/s1. The minimum atomic E-state index is -1.32. The maximum Gasteiger partial charge on any atom is 0.408 e. The summed E-state index contributed by atoms with van der Waals surface area (Å²) in [6, 6.07) is 1.65. The summed E-state index contributed by atoms with van der Waals surface area (Å²) in [4.78, 5) is 52.2. The molecule has 0 radical (unpaired) electrons. The van der Waals surface area contributed by atoms with Crippen molar-refractivity contribution in [1.29, 1.82) is 0 Å². The second kappa shape index (κ2) is 11.6. The van der Waals surface area contributed by atoms with Crippen molar-refractivity contribution in [3.63, 3.8) is 0 Å². The van der Waals surface area contributed by atoms with Gasteiger partial charge in [0.15, 0.2) is 4.34 Å². The van der Waals surface area contributed by atoms with Gasteiger partial charge in [-0.15, -0.1) is 22.0 Å². The third-order valence-corrected chi connectivity index (χ3v) is 9.07. The van der Waals surface area contributed by atoms with Gasteiger partial charge in [0, 0.05) is 11.5 Å². The molecule has 0 saturated carbocycles. The Morgan fingerprint density at radius 2 is 2.08 bits per heavy atom. The summed E-state index contributed by atoms with van der Waals surface area (Å²) < 4.78 is 5.95. The number of hydrogen-bond acceptors (Lipinski definition) is 11. The lowest BCUT2D eigenvalue weighted by atomic mass is 10.0. The van der Waals surface area contributed by atoms with Crippen LogP contribution in [0.5, 0.6) is 5.75 Å². The highest BCUT2D eigenvalue weighted by atomic mass is 35.5. The number of phenolic OH excluding ortho intramolecular Hbond substituents is 1. The van der Waals surface area contributed by atoms with Gasteiger partial charge in [-0.05, 0) is 44.0 Å². The first-order chi connectivity index (χ1) is 18.4. The summed E-state index contributed by atoms with van der Waals surface area (Å²) in [5.41, 5.74) is 1.42. The number of carbonyl (C=O) groups is 4. The van der Waals surface area contributed by atoms with Crippen LogP contribution in [0, 0.1) is 0 Å². The lowest BCUT2D eigenvalue weighted by molar-refractivity contribution is -0.151. The van der Waals surface area contributed by atoms with Crippen LogP contribution in [0.15, 0.2) is 39.3 Å². The quantitative estimate of drug-likeness (QED) is 0.255. The average Bonchev–Trinajstić information content (AvgIpc) is 3.38. The number of nitrogens with zero attached hydrogens (tertiary/aromatic N) is 3. The first-order valence-electron chi connectivity index (χ1n) is 11.4. The summed E-state index contributed by atoms with van der Waals surface area (Å²) in [5.74, 6) is -2.12. The van der Waals surface area contributed by atoms with E-state index >= 15 is 0 Å². The molecule has 0 spiro atoms. The van der Waals surface area contributed by atoms with Crippen LogP contribution < -0.4 is 10.6 Å². The SMILES string of the molecule is CC(C)(C)OC(=O)NC(C(=O)NC1C(=O)N2C(C(=O)O)=C(CSc3nncs3)CS[C@@H]12)c1ccc(O)c(Cl)c1. The Morgan fingerprint density at radius 3 is 2.69 bits per heavy atom. The predicted molar refractivity (Wildman–Crippen MR) is 146 cm³/mol. The third-order valence-electron chi connectivity index (χ3n) is 5.49. The van der Waals surface area contributed by atoms with Gasteiger partial charge in [-0.25, -0.2) is 9.59 Å². The van der Waals surface area contributed by atoms with E-state index in [9.17, 15) is 29.4 Å². The van der Waals surface area contributed by atoms with Gasteiger partial charge in [-0.3, -0.25) is 14.5 Å². The van der Waals surface area contributed by atoms with Crippen LogP contribution in [-0.2, 0) is 19.1 Å². The molecule has 4 N–H and O–H groups in total. The molecule has 208 valence electrons. The van der Waals surface area contributed by atoms with Gasteiger partial charge in [0.25, 0.3) is 5.91 Å². The maximum absolute atomic E-state index is 13.4. The van der Waals surface area contributed by atoms with Gasteiger partial charge in [0.2, 0.25) is 5.91 Å². The minimum absolute atomic E-state index is 0.0415. The number of amides is 3. The molecule has 1 aromatic carbocycles. The molecule has 1 fully saturated rings. The largest absolute Gasteiger partial charge is 0.506 e. The molecule has 16 heteroatoms. The zero-order valence-corrected chi connectivity index (χ0v) is 24.0. The van der Waals surface area contributed by atoms with E-state index < -0.39 is 46.9 Å². The number of β-lactam (4-membered cyclic amide) rings is 1. The molecule has 4 rings (SSSR count). The van der Waals surface area contributed by atoms with Crippen molar-refractivity contribution in [3.8, 4) is 5.75 Å². The Hall–Kier alpha value is -3.01. The van der Waals surface area contributed by atoms with Crippen LogP contribution in [0.2, 0.25) is 5.02 Å². The second-order valence-corrected chi connectivity index (χ2v) is 13.0. The summed E-state index contributed by atoms with van der Waals surface area (Å²) in [6.45, 7) is 4.99. The van der Waals surface area contributed by atoms with E-state index in [1.807, 2.05) is 0 Å². The zero-order chi connectivity index (χ0) is 28.5. The van der Waals surface area contributed by atoms with Gasteiger partial charge in [-0.1, -0.05) is 40.8 Å². The fourth-order valence-electron chi connectivity index (χ4n) is 3.83. The maximum atomic E-state index is 13.4. The molecule has 39 heavy (non-hydrogen) atoms. The number of carbonyl (C=O) groups excluding carboxylic acids is 3. The van der Waals surface area contributed by atoms with Gasteiger partial charge in [-0.2, -0.15) is 0 Å². The lowest BCUT2D eigenvalue weighted by Crippen LogP contribution is -2.71. The first kappa shape index (κ1) is 29.0. The van der Waals surface area contributed by atoms with Crippen molar-refractivity contribution in [3.05, 3.63) is 45.6 Å². The number of halogens is 1. The van der Waals surface area contributed by atoms with Crippen molar-refractivity contribution in [2.24, 2.45) is 0 Å².